The molecule has 0 radical (unpaired) electrons. The molecule has 3 rings (SSSR count). The lowest BCUT2D eigenvalue weighted by molar-refractivity contribution is -0.134. The van der Waals surface area contributed by atoms with Gasteiger partial charge in [0.1, 0.15) is 5.15 Å². The molecule has 3 heterocycles. The lowest BCUT2D eigenvalue weighted by Gasteiger charge is -2.09. The SMILES string of the molecule is CCC(=O)Oc1cn(-c2nccs2)c2nc(Cl)cnc2c1=O. The minimum Gasteiger partial charge on any atom is -0.421 e. The van der Waals surface area contributed by atoms with Gasteiger partial charge in [-0.15, -0.1) is 11.3 Å². The molecule has 0 aromatic carbocycles. The number of rotatable bonds is 3. The highest BCUT2D eigenvalue weighted by molar-refractivity contribution is 7.12. The van der Waals surface area contributed by atoms with Crippen molar-refractivity contribution in [2.24, 2.45) is 0 Å². The van der Waals surface area contributed by atoms with E-state index in [2.05, 4.69) is 15.0 Å². The first-order valence-electron chi connectivity index (χ1n) is 6.28. The van der Waals surface area contributed by atoms with E-state index in [0.717, 1.165) is 0 Å². The van der Waals surface area contributed by atoms with Crippen molar-refractivity contribution in [3.63, 3.8) is 0 Å². The Balaban J connectivity index is 2.31. The third kappa shape index (κ3) is 2.58. The molecule has 0 spiro atoms. The zero-order valence-corrected chi connectivity index (χ0v) is 12.9. The maximum Gasteiger partial charge on any atom is 0.311 e. The van der Waals surface area contributed by atoms with E-state index in [4.69, 9.17) is 16.3 Å². The summed E-state index contributed by atoms with van der Waals surface area (Å²) in [6.45, 7) is 1.64. The molecule has 0 aliphatic rings. The molecular formula is C13H9ClN4O3S. The fourth-order valence-corrected chi connectivity index (χ4v) is 2.54. The molecule has 3 aromatic heterocycles. The largest absolute Gasteiger partial charge is 0.421 e. The Hall–Kier alpha value is -2.32. The number of hydrogen-bond donors (Lipinski definition) is 0. The van der Waals surface area contributed by atoms with Gasteiger partial charge in [-0.2, -0.15) is 0 Å². The zero-order valence-electron chi connectivity index (χ0n) is 11.3. The third-order valence-electron chi connectivity index (χ3n) is 2.78. The molecule has 0 atom stereocenters. The first-order valence-corrected chi connectivity index (χ1v) is 7.54. The molecule has 9 heteroatoms. The van der Waals surface area contributed by atoms with E-state index < -0.39 is 11.4 Å². The highest BCUT2D eigenvalue weighted by Gasteiger charge is 2.17. The molecule has 0 aliphatic carbocycles. The summed E-state index contributed by atoms with van der Waals surface area (Å²) in [6, 6.07) is 0. The third-order valence-corrected chi connectivity index (χ3v) is 3.73. The summed E-state index contributed by atoms with van der Waals surface area (Å²) in [5, 5.41) is 2.47. The number of thiazole rings is 1. The summed E-state index contributed by atoms with van der Waals surface area (Å²) < 4.78 is 6.60. The summed E-state index contributed by atoms with van der Waals surface area (Å²) in [5.41, 5.74) is -0.210. The molecule has 0 fully saturated rings. The summed E-state index contributed by atoms with van der Waals surface area (Å²) in [7, 11) is 0. The predicted molar refractivity (Wildman–Crippen MR) is 81.7 cm³/mol. The van der Waals surface area contributed by atoms with Crippen molar-refractivity contribution in [1.29, 1.82) is 0 Å². The molecule has 3 aromatic rings. The molecule has 7 nitrogen and oxygen atoms in total. The molecule has 0 bridgehead atoms. The standard InChI is InChI=1S/C13H9ClN4O3S/c1-2-9(19)21-7-6-18(13-15-3-4-22-13)12-10(11(7)20)16-5-8(14)17-12/h3-6H,2H2,1H3. The maximum absolute atomic E-state index is 12.4. The zero-order chi connectivity index (χ0) is 15.7. The first-order chi connectivity index (χ1) is 10.6. The van der Waals surface area contributed by atoms with Crippen LogP contribution in [0, 0.1) is 0 Å². The van der Waals surface area contributed by atoms with Gasteiger partial charge in [-0.3, -0.25) is 14.2 Å². The quantitative estimate of drug-likeness (QED) is 0.681. The second-order valence-corrected chi connectivity index (χ2v) is 5.46. The fraction of sp³-hybridized carbons (Fsp3) is 0.154. The van der Waals surface area contributed by atoms with E-state index in [9.17, 15) is 9.59 Å². The van der Waals surface area contributed by atoms with E-state index >= 15 is 0 Å². The smallest absolute Gasteiger partial charge is 0.311 e. The molecule has 22 heavy (non-hydrogen) atoms. The second kappa shape index (κ2) is 5.82. The number of ether oxygens (including phenoxy) is 1. The van der Waals surface area contributed by atoms with Gasteiger partial charge in [0.05, 0.1) is 12.4 Å². The van der Waals surface area contributed by atoms with Gasteiger partial charge in [0.2, 0.25) is 0 Å². The van der Waals surface area contributed by atoms with Crippen LogP contribution in [0.3, 0.4) is 0 Å². The molecule has 0 N–H and O–H groups in total. The monoisotopic (exact) mass is 336 g/mol. The van der Waals surface area contributed by atoms with E-state index in [0.29, 0.717) is 5.13 Å². The van der Waals surface area contributed by atoms with Crippen LogP contribution in [0.2, 0.25) is 5.15 Å². The first kappa shape index (κ1) is 14.6. The van der Waals surface area contributed by atoms with Gasteiger partial charge in [0, 0.05) is 18.0 Å². The van der Waals surface area contributed by atoms with Gasteiger partial charge in [-0.05, 0) is 0 Å². The number of fused-ring (bicyclic) bond motifs is 1. The maximum atomic E-state index is 12.4. The van der Waals surface area contributed by atoms with Crippen molar-refractivity contribution in [2.45, 2.75) is 13.3 Å². The van der Waals surface area contributed by atoms with Crippen LogP contribution < -0.4 is 10.2 Å². The van der Waals surface area contributed by atoms with Crippen LogP contribution in [-0.4, -0.2) is 25.5 Å². The molecule has 0 aliphatic heterocycles. The minimum atomic E-state index is -0.520. The van der Waals surface area contributed by atoms with Gasteiger partial charge in [-0.25, -0.2) is 15.0 Å². The number of aromatic nitrogens is 4. The van der Waals surface area contributed by atoms with Gasteiger partial charge < -0.3 is 4.74 Å². The summed E-state index contributed by atoms with van der Waals surface area (Å²) in [5.74, 6) is -0.629. The lowest BCUT2D eigenvalue weighted by Crippen LogP contribution is -2.18. The van der Waals surface area contributed by atoms with E-state index in [1.807, 2.05) is 0 Å². The van der Waals surface area contributed by atoms with Gasteiger partial charge in [0.15, 0.2) is 22.0 Å². The van der Waals surface area contributed by atoms with Crippen LogP contribution >= 0.6 is 22.9 Å². The highest BCUT2D eigenvalue weighted by atomic mass is 35.5. The van der Waals surface area contributed by atoms with Crippen molar-refractivity contribution >= 4 is 40.1 Å². The molecule has 0 amide bonds. The van der Waals surface area contributed by atoms with Crippen LogP contribution in [0.15, 0.2) is 28.8 Å². The normalized spacial score (nSPS) is 10.8. The van der Waals surface area contributed by atoms with Crippen molar-refractivity contribution in [3.05, 3.63) is 39.3 Å². The van der Waals surface area contributed by atoms with Crippen LogP contribution in [0.25, 0.3) is 16.3 Å². The second-order valence-electron chi connectivity index (χ2n) is 4.20. The van der Waals surface area contributed by atoms with Gasteiger partial charge in [-0.1, -0.05) is 18.5 Å². The minimum absolute atomic E-state index is 0.0565. The number of carbonyl (C=O) groups excluding carboxylic acids is 1. The Morgan fingerprint density at radius 3 is 2.95 bits per heavy atom. The molecule has 0 saturated heterocycles. The summed E-state index contributed by atoms with van der Waals surface area (Å²) >= 11 is 7.19. The average molecular weight is 337 g/mol. The summed E-state index contributed by atoms with van der Waals surface area (Å²) in [6.07, 6.45) is 4.41. The summed E-state index contributed by atoms with van der Waals surface area (Å²) in [4.78, 5) is 36.1. The Kier molecular flexibility index (Phi) is 3.86. The topological polar surface area (TPSA) is 87.0 Å². The highest BCUT2D eigenvalue weighted by Crippen LogP contribution is 2.20. The Labute approximate surface area is 133 Å². The van der Waals surface area contributed by atoms with Crippen LogP contribution in [-0.2, 0) is 4.79 Å². The average Bonchev–Trinajstić information content (AvgIpc) is 3.03. The number of halogens is 1. The van der Waals surface area contributed by atoms with Crippen molar-refractivity contribution < 1.29 is 9.53 Å². The number of carbonyl (C=O) groups is 1. The number of esters is 1. The number of nitrogens with zero attached hydrogens (tertiary/aromatic N) is 4. The Morgan fingerprint density at radius 2 is 2.27 bits per heavy atom. The van der Waals surface area contributed by atoms with E-state index in [-0.39, 0.29) is 28.5 Å². The van der Waals surface area contributed by atoms with Crippen LogP contribution in [0.4, 0.5) is 0 Å². The van der Waals surface area contributed by atoms with Crippen molar-refractivity contribution in [1.82, 2.24) is 19.5 Å². The fourth-order valence-electron chi connectivity index (χ4n) is 1.79. The number of hydrogen-bond acceptors (Lipinski definition) is 7. The number of pyridine rings is 1. The molecule has 0 unspecified atom stereocenters. The Morgan fingerprint density at radius 1 is 1.45 bits per heavy atom. The van der Waals surface area contributed by atoms with Crippen LogP contribution in [0.1, 0.15) is 13.3 Å². The van der Waals surface area contributed by atoms with Crippen molar-refractivity contribution in [2.75, 3.05) is 0 Å². The van der Waals surface area contributed by atoms with Crippen molar-refractivity contribution in [3.8, 4) is 10.9 Å². The van der Waals surface area contributed by atoms with Crippen LogP contribution in [0.5, 0.6) is 5.75 Å². The van der Waals surface area contributed by atoms with E-state index in [1.165, 1.54) is 28.3 Å². The molecule has 112 valence electrons. The molecule has 0 saturated carbocycles. The van der Waals surface area contributed by atoms with E-state index in [1.54, 1.807) is 18.5 Å². The van der Waals surface area contributed by atoms with Gasteiger partial charge >= 0.3 is 5.97 Å². The predicted octanol–water partition coefficient (Wildman–Crippen LogP) is 2.21. The lowest BCUT2D eigenvalue weighted by atomic mass is 10.3. The molecular weight excluding hydrogens is 328 g/mol. The Bertz CT molecular complexity index is 908. The van der Waals surface area contributed by atoms with Gasteiger partial charge in [0.25, 0.3) is 5.43 Å².